The normalized spacial score (nSPS) is 14.3. The van der Waals surface area contributed by atoms with Crippen LogP contribution in [0.15, 0.2) is 30.3 Å². The van der Waals surface area contributed by atoms with Crippen LogP contribution in [0.2, 0.25) is 5.02 Å². The summed E-state index contributed by atoms with van der Waals surface area (Å²) in [5.41, 5.74) is 0.240. The zero-order valence-electron chi connectivity index (χ0n) is 16.8. The Hall–Kier alpha value is -2.60. The third kappa shape index (κ3) is 3.25. The minimum absolute atomic E-state index is 0.129. The van der Waals surface area contributed by atoms with E-state index in [1.54, 1.807) is 28.8 Å². The van der Waals surface area contributed by atoms with Crippen molar-refractivity contribution in [1.29, 1.82) is 0 Å². The van der Waals surface area contributed by atoms with Crippen molar-refractivity contribution in [2.24, 2.45) is 0 Å². The number of carbonyl (C=O) groups is 3. The molecule has 154 valence electrons. The van der Waals surface area contributed by atoms with Crippen LogP contribution in [0, 0.1) is 0 Å². The lowest BCUT2D eigenvalue weighted by atomic mass is 9.83. The molecule has 1 aromatic carbocycles. The van der Waals surface area contributed by atoms with Gasteiger partial charge in [0.15, 0.2) is 0 Å². The van der Waals surface area contributed by atoms with E-state index in [0.717, 1.165) is 12.8 Å². The van der Waals surface area contributed by atoms with Gasteiger partial charge in [-0.05, 0) is 19.3 Å². The second kappa shape index (κ2) is 8.41. The summed E-state index contributed by atoms with van der Waals surface area (Å²) >= 11 is 6.74. The smallest absolute Gasteiger partial charge is 0.329 e. The van der Waals surface area contributed by atoms with E-state index < -0.39 is 17.4 Å². The summed E-state index contributed by atoms with van der Waals surface area (Å²) in [6.07, 6.45) is 2.43. The number of hydrogen-bond donors (Lipinski definition) is 0. The molecule has 1 aliphatic rings. The van der Waals surface area contributed by atoms with Gasteiger partial charge in [-0.25, -0.2) is 0 Å². The van der Waals surface area contributed by atoms with Crippen molar-refractivity contribution in [2.75, 3.05) is 14.2 Å². The van der Waals surface area contributed by atoms with Gasteiger partial charge in [-0.2, -0.15) is 0 Å². The van der Waals surface area contributed by atoms with Gasteiger partial charge in [0.2, 0.25) is 11.2 Å². The summed E-state index contributed by atoms with van der Waals surface area (Å²) in [5.74, 6) is -1.65. The Morgan fingerprint density at radius 1 is 1.10 bits per heavy atom. The van der Waals surface area contributed by atoms with Gasteiger partial charge < -0.3 is 14.0 Å². The van der Waals surface area contributed by atoms with Crippen molar-refractivity contribution < 1.29 is 23.9 Å². The van der Waals surface area contributed by atoms with Crippen molar-refractivity contribution >= 4 is 29.3 Å². The first-order chi connectivity index (χ1) is 13.9. The third-order valence-corrected chi connectivity index (χ3v) is 5.92. The van der Waals surface area contributed by atoms with Crippen LogP contribution in [0.25, 0.3) is 0 Å². The molecule has 1 aliphatic heterocycles. The van der Waals surface area contributed by atoms with E-state index in [4.69, 9.17) is 21.1 Å². The number of carbonyl (C=O) groups excluding carboxylic acids is 3. The van der Waals surface area contributed by atoms with E-state index in [9.17, 15) is 14.4 Å². The van der Waals surface area contributed by atoms with E-state index >= 15 is 0 Å². The van der Waals surface area contributed by atoms with Crippen LogP contribution in [-0.4, -0.2) is 36.5 Å². The summed E-state index contributed by atoms with van der Waals surface area (Å²) in [5, 5.41) is 0.269. The predicted molar refractivity (Wildman–Crippen MR) is 108 cm³/mol. The number of aromatic nitrogens is 1. The fourth-order valence-corrected chi connectivity index (χ4v) is 4.52. The number of methoxy groups -OCH3 is 2. The van der Waals surface area contributed by atoms with Gasteiger partial charge in [0, 0.05) is 17.7 Å². The van der Waals surface area contributed by atoms with Gasteiger partial charge in [-0.3, -0.25) is 14.4 Å². The van der Waals surface area contributed by atoms with Crippen LogP contribution < -0.4 is 0 Å². The van der Waals surface area contributed by atoms with E-state index in [1.807, 2.05) is 13.0 Å². The largest absolute Gasteiger partial charge is 0.468 e. The Balaban J connectivity index is 2.27. The highest BCUT2D eigenvalue weighted by atomic mass is 35.5. The van der Waals surface area contributed by atoms with Gasteiger partial charge in [0.25, 0.3) is 0 Å². The van der Waals surface area contributed by atoms with Gasteiger partial charge in [-0.1, -0.05) is 55.3 Å². The molecule has 0 radical (unpaired) electrons. The molecular formula is C22H24ClNO5. The zero-order valence-corrected chi connectivity index (χ0v) is 17.5. The maximum absolute atomic E-state index is 13.4. The minimum Gasteiger partial charge on any atom is -0.468 e. The van der Waals surface area contributed by atoms with E-state index in [0.29, 0.717) is 35.5 Å². The lowest BCUT2D eigenvalue weighted by Gasteiger charge is -2.23. The van der Waals surface area contributed by atoms with Crippen LogP contribution in [0.1, 0.15) is 53.5 Å². The summed E-state index contributed by atoms with van der Waals surface area (Å²) < 4.78 is 11.6. The van der Waals surface area contributed by atoms with Crippen molar-refractivity contribution in [3.63, 3.8) is 0 Å². The summed E-state index contributed by atoms with van der Waals surface area (Å²) in [6.45, 7) is 2.34. The molecule has 0 N–H and O–H groups in total. The molecule has 6 nitrogen and oxygen atoms in total. The lowest BCUT2D eigenvalue weighted by molar-refractivity contribution is -0.161. The maximum atomic E-state index is 13.4. The van der Waals surface area contributed by atoms with Crippen molar-refractivity contribution in [2.45, 2.75) is 44.6 Å². The van der Waals surface area contributed by atoms with E-state index in [2.05, 4.69) is 0 Å². The fourth-order valence-electron chi connectivity index (χ4n) is 4.08. The number of unbranched alkanes of at least 4 members (excludes halogenated alkanes) is 1. The Morgan fingerprint density at radius 2 is 1.72 bits per heavy atom. The molecule has 3 rings (SSSR count). The monoisotopic (exact) mass is 417 g/mol. The quantitative estimate of drug-likeness (QED) is 0.390. The first kappa shape index (κ1) is 21.1. The van der Waals surface area contributed by atoms with Gasteiger partial charge in [0.05, 0.1) is 30.6 Å². The molecule has 0 saturated carbocycles. The second-order valence-corrected chi connectivity index (χ2v) is 7.46. The number of halogens is 1. The first-order valence-electron chi connectivity index (χ1n) is 9.61. The molecule has 1 aromatic heterocycles. The minimum atomic E-state index is -1.67. The van der Waals surface area contributed by atoms with E-state index in [1.165, 1.54) is 14.2 Å². The van der Waals surface area contributed by atoms with Crippen LogP contribution in [0.3, 0.4) is 0 Å². The third-order valence-electron chi connectivity index (χ3n) is 5.51. The lowest BCUT2D eigenvalue weighted by Crippen LogP contribution is -2.44. The SMILES string of the molecule is CCCCc1c(Cl)c2n(c1C(=O)c1ccccc1)CCC2(C(=O)OC)C(=O)OC. The molecule has 7 heteroatoms. The summed E-state index contributed by atoms with van der Waals surface area (Å²) in [6, 6.07) is 8.90. The number of ether oxygens (including phenoxy) is 2. The average Bonchev–Trinajstić information content (AvgIpc) is 3.28. The number of esters is 2. The fraction of sp³-hybridized carbons (Fsp3) is 0.409. The van der Waals surface area contributed by atoms with Crippen LogP contribution >= 0.6 is 11.6 Å². The summed E-state index contributed by atoms with van der Waals surface area (Å²) in [7, 11) is 2.45. The number of rotatable bonds is 7. The Bertz CT molecular complexity index is 932. The summed E-state index contributed by atoms with van der Waals surface area (Å²) in [4.78, 5) is 38.9. The number of hydrogen-bond acceptors (Lipinski definition) is 5. The Labute approximate surface area is 174 Å². The van der Waals surface area contributed by atoms with Crippen molar-refractivity contribution in [1.82, 2.24) is 4.57 Å². The Morgan fingerprint density at radius 3 is 2.28 bits per heavy atom. The van der Waals surface area contributed by atoms with E-state index in [-0.39, 0.29) is 17.2 Å². The van der Waals surface area contributed by atoms with Crippen molar-refractivity contribution in [3.05, 3.63) is 57.9 Å². The first-order valence-corrected chi connectivity index (χ1v) is 9.99. The number of nitrogens with zero attached hydrogens (tertiary/aromatic N) is 1. The predicted octanol–water partition coefficient (Wildman–Crippen LogP) is 3.70. The molecule has 2 heterocycles. The van der Waals surface area contributed by atoms with Gasteiger partial charge in [0.1, 0.15) is 0 Å². The highest BCUT2D eigenvalue weighted by Gasteiger charge is 2.57. The van der Waals surface area contributed by atoms with Crippen LogP contribution in [0.4, 0.5) is 0 Å². The number of fused-ring (bicyclic) bond motifs is 1. The number of benzene rings is 1. The van der Waals surface area contributed by atoms with Crippen molar-refractivity contribution in [3.8, 4) is 0 Å². The molecule has 0 spiro atoms. The molecule has 0 amide bonds. The Kier molecular flexibility index (Phi) is 6.13. The number of ketones is 1. The molecule has 2 aromatic rings. The molecule has 0 atom stereocenters. The van der Waals surface area contributed by atoms with Gasteiger partial charge >= 0.3 is 11.9 Å². The van der Waals surface area contributed by atoms with Gasteiger partial charge in [-0.15, -0.1) is 0 Å². The topological polar surface area (TPSA) is 74.6 Å². The maximum Gasteiger partial charge on any atom is 0.329 e. The molecule has 0 fully saturated rings. The molecular weight excluding hydrogens is 394 g/mol. The average molecular weight is 418 g/mol. The molecule has 0 unspecified atom stereocenters. The molecule has 0 aliphatic carbocycles. The molecule has 0 bridgehead atoms. The van der Waals surface area contributed by atoms with Crippen LogP contribution in [-0.2, 0) is 37.4 Å². The molecule has 0 saturated heterocycles. The molecule has 29 heavy (non-hydrogen) atoms. The highest BCUT2D eigenvalue weighted by Crippen LogP contribution is 2.46. The zero-order chi connectivity index (χ0) is 21.2. The standard InChI is InChI=1S/C22H24ClNO5/c1-4-5-11-15-16(23)19-22(20(26)28-2,21(27)29-3)12-13-24(19)17(15)18(25)14-9-7-6-8-10-14/h6-10H,4-5,11-13H2,1-3H3. The van der Waals surface area contributed by atoms with Crippen LogP contribution in [0.5, 0.6) is 0 Å². The highest BCUT2D eigenvalue weighted by molar-refractivity contribution is 6.34. The second-order valence-electron chi connectivity index (χ2n) is 7.08.